The maximum absolute atomic E-state index is 13.2. The lowest BCUT2D eigenvalue weighted by Gasteiger charge is -2.15. The number of halogens is 3. The van der Waals surface area contributed by atoms with Crippen molar-refractivity contribution >= 4 is 17.8 Å². The van der Waals surface area contributed by atoms with E-state index in [1.165, 1.54) is 25.5 Å². The van der Waals surface area contributed by atoms with Gasteiger partial charge in [0, 0.05) is 11.3 Å². The first-order valence-electron chi connectivity index (χ1n) is 8.63. The number of oxime groups is 1. The minimum absolute atomic E-state index is 0.398. The number of hydrogen-bond donors (Lipinski definition) is 1. The Bertz CT molecular complexity index is 1050. The van der Waals surface area contributed by atoms with Crippen molar-refractivity contribution in [3.8, 4) is 11.1 Å². The first-order valence-corrected chi connectivity index (χ1v) is 8.63. The van der Waals surface area contributed by atoms with E-state index in [0.29, 0.717) is 11.3 Å². The van der Waals surface area contributed by atoms with E-state index < -0.39 is 23.2 Å². The van der Waals surface area contributed by atoms with Crippen LogP contribution in [-0.2, 0) is 11.0 Å². The van der Waals surface area contributed by atoms with E-state index in [2.05, 4.69) is 15.3 Å². The molecule has 0 unspecified atom stereocenters. The van der Waals surface area contributed by atoms with E-state index in [1.807, 2.05) is 24.3 Å². The molecule has 0 radical (unpaired) electrons. The molecular formula is C22H17F3N2O2. The van der Waals surface area contributed by atoms with Gasteiger partial charge in [0.2, 0.25) is 0 Å². The van der Waals surface area contributed by atoms with Crippen molar-refractivity contribution in [1.82, 2.24) is 0 Å². The second-order valence-corrected chi connectivity index (χ2v) is 6.09. The summed E-state index contributed by atoms with van der Waals surface area (Å²) in [5.41, 5.74) is 1.19. The Morgan fingerprint density at radius 2 is 1.72 bits per heavy atom. The summed E-state index contributed by atoms with van der Waals surface area (Å²) in [6.45, 7) is 0. The maximum atomic E-state index is 13.2. The summed E-state index contributed by atoms with van der Waals surface area (Å²) < 4.78 is 39.7. The number of rotatable bonds is 5. The zero-order valence-corrected chi connectivity index (χ0v) is 15.4. The molecule has 29 heavy (non-hydrogen) atoms. The molecule has 0 heterocycles. The number of carbonyl (C=O) groups is 1. The number of carbonyl (C=O) groups excluding carboxylic acids is 1. The van der Waals surface area contributed by atoms with E-state index in [9.17, 15) is 18.0 Å². The van der Waals surface area contributed by atoms with Crippen molar-refractivity contribution in [2.75, 3.05) is 12.4 Å². The van der Waals surface area contributed by atoms with Gasteiger partial charge in [0.25, 0.3) is 5.91 Å². The molecule has 4 nitrogen and oxygen atoms in total. The van der Waals surface area contributed by atoms with Gasteiger partial charge in [0.05, 0.1) is 17.3 Å². The van der Waals surface area contributed by atoms with Gasteiger partial charge in [-0.3, -0.25) is 4.79 Å². The van der Waals surface area contributed by atoms with Gasteiger partial charge in [-0.25, -0.2) is 0 Å². The van der Waals surface area contributed by atoms with Crippen LogP contribution in [0.1, 0.15) is 21.5 Å². The summed E-state index contributed by atoms with van der Waals surface area (Å²) in [4.78, 5) is 17.3. The largest absolute Gasteiger partial charge is 0.417 e. The highest BCUT2D eigenvalue weighted by molar-refractivity contribution is 6.07. The number of amides is 1. The molecule has 0 bridgehead atoms. The lowest BCUT2D eigenvalue weighted by molar-refractivity contribution is -0.137. The van der Waals surface area contributed by atoms with Crippen LogP contribution < -0.4 is 5.32 Å². The van der Waals surface area contributed by atoms with Crippen molar-refractivity contribution in [3.63, 3.8) is 0 Å². The molecule has 0 spiro atoms. The topological polar surface area (TPSA) is 50.7 Å². The Kier molecular flexibility index (Phi) is 5.97. The predicted octanol–water partition coefficient (Wildman–Crippen LogP) is 5.61. The second-order valence-electron chi connectivity index (χ2n) is 6.09. The molecule has 0 saturated heterocycles. The summed E-state index contributed by atoms with van der Waals surface area (Å²) in [6.07, 6.45) is -3.09. The number of nitrogens with one attached hydrogen (secondary N) is 1. The third-order valence-corrected chi connectivity index (χ3v) is 4.16. The Balaban J connectivity index is 1.95. The van der Waals surface area contributed by atoms with Crippen LogP contribution in [0.15, 0.2) is 78.0 Å². The average Bonchev–Trinajstić information content (AvgIpc) is 2.72. The van der Waals surface area contributed by atoms with Crippen LogP contribution >= 0.6 is 0 Å². The Morgan fingerprint density at radius 3 is 2.48 bits per heavy atom. The fourth-order valence-electron chi connectivity index (χ4n) is 2.86. The van der Waals surface area contributed by atoms with Gasteiger partial charge in [-0.05, 0) is 35.4 Å². The van der Waals surface area contributed by atoms with Crippen LogP contribution in [0.3, 0.4) is 0 Å². The van der Waals surface area contributed by atoms with Gasteiger partial charge in [-0.1, -0.05) is 53.7 Å². The predicted molar refractivity (Wildman–Crippen MR) is 106 cm³/mol. The first kappa shape index (κ1) is 20.1. The third-order valence-electron chi connectivity index (χ3n) is 4.16. The lowest BCUT2D eigenvalue weighted by atomic mass is 10.0. The Hall–Kier alpha value is -3.61. The molecule has 0 atom stereocenters. The van der Waals surface area contributed by atoms with E-state index in [-0.39, 0.29) is 0 Å². The number of hydrogen-bond acceptors (Lipinski definition) is 3. The van der Waals surface area contributed by atoms with Gasteiger partial charge in [-0.2, -0.15) is 13.2 Å². The number of para-hydroxylation sites is 1. The quantitative estimate of drug-likeness (QED) is 0.449. The lowest BCUT2D eigenvalue weighted by Crippen LogP contribution is -2.19. The van der Waals surface area contributed by atoms with Crippen LogP contribution in [-0.4, -0.2) is 19.2 Å². The maximum Gasteiger partial charge on any atom is 0.417 e. The van der Waals surface area contributed by atoms with Gasteiger partial charge < -0.3 is 10.2 Å². The second kappa shape index (κ2) is 8.60. The molecule has 0 fully saturated rings. The van der Waals surface area contributed by atoms with Crippen molar-refractivity contribution in [3.05, 3.63) is 89.5 Å². The summed E-state index contributed by atoms with van der Waals surface area (Å²) in [6, 6.07) is 18.9. The molecule has 1 N–H and O–H groups in total. The normalized spacial score (nSPS) is 11.4. The minimum atomic E-state index is -4.62. The van der Waals surface area contributed by atoms with Crippen molar-refractivity contribution in [1.29, 1.82) is 0 Å². The van der Waals surface area contributed by atoms with Gasteiger partial charge in [0.1, 0.15) is 7.11 Å². The summed E-state index contributed by atoms with van der Waals surface area (Å²) in [7, 11) is 1.43. The first-order chi connectivity index (χ1) is 13.9. The van der Waals surface area contributed by atoms with Gasteiger partial charge in [0.15, 0.2) is 0 Å². The van der Waals surface area contributed by atoms with E-state index in [4.69, 9.17) is 0 Å². The van der Waals surface area contributed by atoms with Crippen molar-refractivity contribution < 1.29 is 22.8 Å². The van der Waals surface area contributed by atoms with Crippen LogP contribution in [0.25, 0.3) is 11.1 Å². The molecule has 0 aliphatic carbocycles. The van der Waals surface area contributed by atoms with Crippen molar-refractivity contribution in [2.45, 2.75) is 6.18 Å². The molecule has 3 aromatic rings. The molecule has 0 aromatic heterocycles. The molecular weight excluding hydrogens is 381 g/mol. The number of nitrogens with zero attached hydrogens (tertiary/aromatic N) is 1. The SMILES string of the molecule is CON=Cc1cccc(-c2ccccc2NC(=O)c2ccccc2C(F)(F)F)c1. The molecule has 1 amide bonds. The highest BCUT2D eigenvalue weighted by Crippen LogP contribution is 2.33. The van der Waals surface area contributed by atoms with Crippen molar-refractivity contribution in [2.24, 2.45) is 5.16 Å². The Labute approximate surface area is 165 Å². The monoisotopic (exact) mass is 398 g/mol. The highest BCUT2D eigenvalue weighted by Gasteiger charge is 2.34. The Morgan fingerprint density at radius 1 is 1.00 bits per heavy atom. The molecule has 0 aliphatic heterocycles. The zero-order valence-electron chi connectivity index (χ0n) is 15.4. The molecule has 7 heteroatoms. The molecule has 0 saturated carbocycles. The summed E-state index contributed by atoms with van der Waals surface area (Å²) in [5.74, 6) is -0.831. The smallest absolute Gasteiger partial charge is 0.399 e. The zero-order chi connectivity index (χ0) is 20.9. The molecule has 3 aromatic carbocycles. The van der Waals surface area contributed by atoms with E-state index in [1.54, 1.807) is 24.3 Å². The number of anilines is 1. The third kappa shape index (κ3) is 4.82. The molecule has 148 valence electrons. The summed E-state index contributed by atoms with van der Waals surface area (Å²) in [5, 5.41) is 6.32. The minimum Gasteiger partial charge on any atom is -0.399 e. The van der Waals surface area contributed by atoms with E-state index >= 15 is 0 Å². The van der Waals surface area contributed by atoms with E-state index in [0.717, 1.165) is 23.3 Å². The molecule has 3 rings (SSSR count). The fourth-order valence-corrected chi connectivity index (χ4v) is 2.86. The van der Waals surface area contributed by atoms with Crippen LogP contribution in [0.2, 0.25) is 0 Å². The molecule has 0 aliphatic rings. The average molecular weight is 398 g/mol. The van der Waals surface area contributed by atoms with Gasteiger partial charge in [-0.15, -0.1) is 0 Å². The number of alkyl halides is 3. The standard InChI is InChI=1S/C22H17F3N2O2/c1-29-26-14-15-7-6-8-16(13-15)17-9-3-5-12-20(17)27-21(28)18-10-2-4-11-19(18)22(23,24)25/h2-14H,1H3,(H,27,28). The van der Waals surface area contributed by atoms with Crippen LogP contribution in [0.4, 0.5) is 18.9 Å². The van der Waals surface area contributed by atoms with Crippen LogP contribution in [0.5, 0.6) is 0 Å². The van der Waals surface area contributed by atoms with Crippen LogP contribution in [0, 0.1) is 0 Å². The summed E-state index contributed by atoms with van der Waals surface area (Å²) >= 11 is 0. The van der Waals surface area contributed by atoms with Gasteiger partial charge >= 0.3 is 6.18 Å². The highest BCUT2D eigenvalue weighted by atomic mass is 19.4. The fraction of sp³-hybridized carbons (Fsp3) is 0.0909. The number of benzene rings is 3.